The minimum atomic E-state index is -4.42. The highest BCUT2D eigenvalue weighted by Crippen LogP contribution is 2.32. The summed E-state index contributed by atoms with van der Waals surface area (Å²) in [5.74, 6) is 0.959. The molecule has 0 bridgehead atoms. The van der Waals surface area contributed by atoms with E-state index in [-0.39, 0.29) is 15.5 Å². The lowest BCUT2D eigenvalue weighted by Crippen LogP contribution is -2.04. The maximum Gasteiger partial charge on any atom is 0.416 e. The predicted octanol–water partition coefficient (Wildman–Crippen LogP) is 5.73. The van der Waals surface area contributed by atoms with Crippen molar-refractivity contribution in [2.45, 2.75) is 22.9 Å². The molecular formula is C21H17F3O4S. The topological polar surface area (TPSA) is 52.6 Å². The van der Waals surface area contributed by atoms with Crippen molar-refractivity contribution in [3.05, 3.63) is 78.4 Å². The molecule has 0 saturated heterocycles. The summed E-state index contributed by atoms with van der Waals surface area (Å²) in [6, 6.07) is 16.1. The zero-order chi connectivity index (χ0) is 21.1. The van der Waals surface area contributed by atoms with Crippen LogP contribution in [0.4, 0.5) is 13.2 Å². The van der Waals surface area contributed by atoms with Crippen molar-refractivity contribution in [2.75, 3.05) is 6.61 Å². The average Bonchev–Trinajstić information content (AvgIpc) is 2.69. The van der Waals surface area contributed by atoms with Gasteiger partial charge < -0.3 is 9.47 Å². The summed E-state index contributed by atoms with van der Waals surface area (Å²) >= 11 is 0. The van der Waals surface area contributed by atoms with Crippen LogP contribution in [0, 0.1) is 0 Å². The predicted molar refractivity (Wildman–Crippen MR) is 101 cm³/mol. The van der Waals surface area contributed by atoms with Gasteiger partial charge in [0.05, 0.1) is 22.0 Å². The van der Waals surface area contributed by atoms with Gasteiger partial charge in [0.15, 0.2) is 0 Å². The molecule has 3 aromatic rings. The molecule has 3 aromatic carbocycles. The van der Waals surface area contributed by atoms with Crippen molar-refractivity contribution in [3.8, 4) is 17.2 Å². The molecule has 0 fully saturated rings. The van der Waals surface area contributed by atoms with Gasteiger partial charge in [-0.15, -0.1) is 0 Å². The lowest BCUT2D eigenvalue weighted by atomic mass is 10.2. The average molecular weight is 422 g/mol. The largest absolute Gasteiger partial charge is 0.494 e. The van der Waals surface area contributed by atoms with Crippen LogP contribution >= 0.6 is 0 Å². The van der Waals surface area contributed by atoms with E-state index in [1.54, 1.807) is 19.1 Å². The van der Waals surface area contributed by atoms with Crippen molar-refractivity contribution in [3.63, 3.8) is 0 Å². The van der Waals surface area contributed by atoms with Gasteiger partial charge in [0.2, 0.25) is 9.84 Å². The van der Waals surface area contributed by atoms with Gasteiger partial charge in [-0.2, -0.15) is 13.2 Å². The van der Waals surface area contributed by atoms with E-state index in [0.29, 0.717) is 18.1 Å². The fraction of sp³-hybridized carbons (Fsp3) is 0.143. The first-order valence-electron chi connectivity index (χ1n) is 8.63. The first-order chi connectivity index (χ1) is 13.7. The number of benzene rings is 3. The van der Waals surface area contributed by atoms with Gasteiger partial charge in [0, 0.05) is 0 Å². The Kier molecular flexibility index (Phi) is 5.83. The molecule has 0 unspecified atom stereocenters. The van der Waals surface area contributed by atoms with E-state index < -0.39 is 21.6 Å². The Morgan fingerprint density at radius 1 is 0.793 bits per heavy atom. The Hall–Kier alpha value is -3.00. The molecule has 0 spiro atoms. The highest BCUT2D eigenvalue weighted by molar-refractivity contribution is 7.91. The van der Waals surface area contributed by atoms with E-state index in [1.165, 1.54) is 48.5 Å². The molecule has 4 nitrogen and oxygen atoms in total. The summed E-state index contributed by atoms with van der Waals surface area (Å²) in [6.45, 7) is 2.22. The molecule has 0 N–H and O–H groups in total. The van der Waals surface area contributed by atoms with Crippen molar-refractivity contribution in [2.24, 2.45) is 0 Å². The van der Waals surface area contributed by atoms with Gasteiger partial charge in [-0.05, 0) is 73.7 Å². The minimum Gasteiger partial charge on any atom is -0.494 e. The zero-order valence-electron chi connectivity index (χ0n) is 15.3. The van der Waals surface area contributed by atoms with E-state index in [4.69, 9.17) is 9.47 Å². The second-order valence-electron chi connectivity index (χ2n) is 6.01. The van der Waals surface area contributed by atoms with Gasteiger partial charge in [0.25, 0.3) is 0 Å². The normalized spacial score (nSPS) is 11.9. The molecule has 8 heteroatoms. The number of alkyl halides is 3. The van der Waals surface area contributed by atoms with E-state index in [1.807, 2.05) is 0 Å². The quantitative estimate of drug-likeness (QED) is 0.509. The summed E-state index contributed by atoms with van der Waals surface area (Å²) in [4.78, 5) is 0.158. The van der Waals surface area contributed by atoms with Crippen LogP contribution in [0.5, 0.6) is 17.2 Å². The Morgan fingerprint density at radius 2 is 1.38 bits per heavy atom. The maximum atomic E-state index is 12.8. The van der Waals surface area contributed by atoms with E-state index >= 15 is 0 Å². The second-order valence-corrected chi connectivity index (χ2v) is 7.96. The maximum absolute atomic E-state index is 12.8. The van der Waals surface area contributed by atoms with Gasteiger partial charge >= 0.3 is 6.18 Å². The Balaban J connectivity index is 1.78. The third-order valence-corrected chi connectivity index (χ3v) is 5.75. The summed E-state index contributed by atoms with van der Waals surface area (Å²) < 4.78 is 74.2. The fourth-order valence-corrected chi connectivity index (χ4v) is 3.86. The van der Waals surface area contributed by atoms with Crippen LogP contribution in [0.15, 0.2) is 82.6 Å². The van der Waals surface area contributed by atoms with Crippen molar-refractivity contribution < 1.29 is 31.1 Å². The number of rotatable bonds is 6. The van der Waals surface area contributed by atoms with E-state index in [0.717, 1.165) is 12.1 Å². The molecule has 29 heavy (non-hydrogen) atoms. The molecule has 0 radical (unpaired) electrons. The highest BCUT2D eigenvalue weighted by Gasteiger charge is 2.30. The number of sulfone groups is 1. The fourth-order valence-electron chi connectivity index (χ4n) is 2.57. The van der Waals surface area contributed by atoms with E-state index in [9.17, 15) is 21.6 Å². The van der Waals surface area contributed by atoms with Crippen molar-refractivity contribution in [1.29, 1.82) is 0 Å². The van der Waals surface area contributed by atoms with Crippen LogP contribution in [0.2, 0.25) is 0 Å². The van der Waals surface area contributed by atoms with Crippen LogP contribution in [0.25, 0.3) is 0 Å². The molecule has 0 heterocycles. The lowest BCUT2D eigenvalue weighted by Gasteiger charge is -2.10. The molecular weight excluding hydrogens is 405 g/mol. The van der Waals surface area contributed by atoms with Gasteiger partial charge in [0.1, 0.15) is 17.2 Å². The molecule has 0 amide bonds. The second kappa shape index (κ2) is 8.16. The summed E-state index contributed by atoms with van der Waals surface area (Å²) in [7, 11) is -3.75. The molecule has 0 atom stereocenters. The number of hydrogen-bond donors (Lipinski definition) is 0. The number of ether oxygens (including phenoxy) is 2. The van der Waals surface area contributed by atoms with Gasteiger partial charge in [-0.1, -0.05) is 6.07 Å². The van der Waals surface area contributed by atoms with Crippen LogP contribution in [-0.2, 0) is 16.0 Å². The van der Waals surface area contributed by atoms with Crippen LogP contribution in [-0.4, -0.2) is 15.0 Å². The minimum absolute atomic E-state index is 0.0610. The number of halogens is 3. The molecule has 0 aliphatic rings. The van der Waals surface area contributed by atoms with Crippen LogP contribution in [0.3, 0.4) is 0 Å². The standard InChI is InChI=1S/C21H17F3O4S/c1-2-27-18-4-3-5-20(14-18)29(25,26)19-12-10-17(11-13-19)28-16-8-6-15(7-9-16)21(22,23)24/h3-14H,2H2,1H3. The van der Waals surface area contributed by atoms with Crippen LogP contribution < -0.4 is 9.47 Å². The monoisotopic (exact) mass is 422 g/mol. The summed E-state index contributed by atoms with van der Waals surface area (Å²) in [6.07, 6.45) is -4.42. The molecule has 3 rings (SSSR count). The lowest BCUT2D eigenvalue weighted by molar-refractivity contribution is -0.137. The van der Waals surface area contributed by atoms with Gasteiger partial charge in [-0.3, -0.25) is 0 Å². The SMILES string of the molecule is CCOc1cccc(S(=O)(=O)c2ccc(Oc3ccc(C(F)(F)F)cc3)cc2)c1. The molecule has 0 aromatic heterocycles. The third-order valence-electron chi connectivity index (χ3n) is 3.98. The van der Waals surface area contributed by atoms with Crippen molar-refractivity contribution >= 4 is 9.84 Å². The summed E-state index contributed by atoms with van der Waals surface area (Å²) in [5, 5.41) is 0. The van der Waals surface area contributed by atoms with Crippen LogP contribution in [0.1, 0.15) is 12.5 Å². The van der Waals surface area contributed by atoms with Gasteiger partial charge in [-0.25, -0.2) is 8.42 Å². The highest BCUT2D eigenvalue weighted by atomic mass is 32.2. The molecule has 0 saturated carbocycles. The Labute approximate surface area is 166 Å². The Bertz CT molecular complexity index is 1070. The Morgan fingerprint density at radius 3 is 1.93 bits per heavy atom. The summed E-state index contributed by atoms with van der Waals surface area (Å²) in [5.41, 5.74) is -0.777. The smallest absolute Gasteiger partial charge is 0.416 e. The first kappa shape index (κ1) is 20.7. The zero-order valence-corrected chi connectivity index (χ0v) is 16.1. The number of hydrogen-bond acceptors (Lipinski definition) is 4. The first-order valence-corrected chi connectivity index (χ1v) is 10.1. The van der Waals surface area contributed by atoms with Crippen molar-refractivity contribution in [1.82, 2.24) is 0 Å². The molecule has 0 aliphatic carbocycles. The molecule has 0 aliphatic heterocycles. The third kappa shape index (κ3) is 4.89. The molecule has 152 valence electrons. The van der Waals surface area contributed by atoms with E-state index in [2.05, 4.69) is 0 Å².